The average molecular weight is 427 g/mol. The van der Waals surface area contributed by atoms with Crippen molar-refractivity contribution in [3.63, 3.8) is 0 Å². The van der Waals surface area contributed by atoms with E-state index >= 15 is 0 Å². The fourth-order valence-electron chi connectivity index (χ4n) is 2.14. The Balaban J connectivity index is 0.00000264. The number of hydrogen-bond donors (Lipinski definition) is 2. The zero-order valence-electron chi connectivity index (χ0n) is 13.5. The molecule has 2 rings (SSSR count). The van der Waals surface area contributed by atoms with Crippen LogP contribution in [0.15, 0.2) is 35.3 Å². The molecule has 0 aliphatic carbocycles. The van der Waals surface area contributed by atoms with Gasteiger partial charge in [-0.2, -0.15) is 0 Å². The van der Waals surface area contributed by atoms with Crippen molar-refractivity contribution in [3.05, 3.63) is 53.1 Å². The predicted molar refractivity (Wildman–Crippen MR) is 103 cm³/mol. The van der Waals surface area contributed by atoms with E-state index in [2.05, 4.69) is 20.3 Å². The predicted octanol–water partition coefficient (Wildman–Crippen LogP) is 2.78. The molecule has 6 nitrogen and oxygen atoms in total. The van der Waals surface area contributed by atoms with E-state index in [-0.39, 0.29) is 24.0 Å². The lowest BCUT2D eigenvalue weighted by molar-refractivity contribution is 0.185. The topological polar surface area (TPSA) is 85.4 Å². The third-order valence-electron chi connectivity index (χ3n) is 3.01. The molecule has 0 aliphatic rings. The highest BCUT2D eigenvalue weighted by Crippen LogP contribution is 2.15. The van der Waals surface area contributed by atoms with Gasteiger partial charge in [-0.3, -0.25) is 0 Å². The zero-order valence-corrected chi connectivity index (χ0v) is 15.9. The molecule has 0 bridgehead atoms. The zero-order chi connectivity index (χ0) is 15.9. The van der Waals surface area contributed by atoms with Gasteiger partial charge in [-0.05, 0) is 26.0 Å². The molecule has 0 amide bonds. The third-order valence-corrected chi connectivity index (χ3v) is 3.01. The van der Waals surface area contributed by atoms with Crippen LogP contribution < -0.4 is 11.1 Å². The second kappa shape index (κ2) is 9.41. The van der Waals surface area contributed by atoms with Crippen LogP contribution in [0.25, 0.3) is 0 Å². The first-order chi connectivity index (χ1) is 10.6. The maximum absolute atomic E-state index is 5.95. The number of para-hydroxylation sites is 1. The first kappa shape index (κ1) is 19.3. The Labute approximate surface area is 153 Å². The van der Waals surface area contributed by atoms with Gasteiger partial charge in [0.25, 0.3) is 0 Å². The number of guanidine groups is 1. The van der Waals surface area contributed by atoms with Gasteiger partial charge in [-0.1, -0.05) is 18.2 Å². The molecule has 0 fully saturated rings. The molecule has 1 aromatic heterocycles. The van der Waals surface area contributed by atoms with E-state index in [4.69, 9.17) is 10.5 Å². The van der Waals surface area contributed by atoms with E-state index < -0.39 is 0 Å². The van der Waals surface area contributed by atoms with E-state index in [0.717, 1.165) is 28.5 Å². The van der Waals surface area contributed by atoms with Crippen molar-refractivity contribution in [1.29, 1.82) is 0 Å². The van der Waals surface area contributed by atoms with Crippen LogP contribution in [0.3, 0.4) is 0 Å². The number of anilines is 1. The molecule has 0 aliphatic heterocycles. The first-order valence-electron chi connectivity index (χ1n) is 7.03. The van der Waals surface area contributed by atoms with Gasteiger partial charge in [0.2, 0.25) is 0 Å². The molecule has 124 valence electrons. The Hall–Kier alpha value is -1.74. The van der Waals surface area contributed by atoms with Gasteiger partial charge in [0, 0.05) is 24.1 Å². The van der Waals surface area contributed by atoms with Crippen LogP contribution in [0, 0.1) is 13.8 Å². The lowest BCUT2D eigenvalue weighted by Gasteiger charge is -2.10. The van der Waals surface area contributed by atoms with Crippen molar-refractivity contribution in [2.75, 3.05) is 12.4 Å². The van der Waals surface area contributed by atoms with Crippen molar-refractivity contribution < 1.29 is 4.74 Å². The second-order valence-corrected chi connectivity index (χ2v) is 4.96. The highest BCUT2D eigenvalue weighted by Gasteiger charge is 2.03. The van der Waals surface area contributed by atoms with Gasteiger partial charge in [-0.15, -0.1) is 24.0 Å². The molecule has 0 saturated carbocycles. The summed E-state index contributed by atoms with van der Waals surface area (Å²) >= 11 is 0. The molecule has 0 unspecified atom stereocenters. The van der Waals surface area contributed by atoms with E-state index in [1.165, 1.54) is 0 Å². The number of nitrogens with one attached hydrogen (secondary N) is 1. The largest absolute Gasteiger partial charge is 0.380 e. The summed E-state index contributed by atoms with van der Waals surface area (Å²) in [6.07, 6.45) is 0. The molecule has 1 aromatic carbocycles. The van der Waals surface area contributed by atoms with E-state index in [9.17, 15) is 0 Å². The van der Waals surface area contributed by atoms with Crippen molar-refractivity contribution in [3.8, 4) is 0 Å². The number of nitrogens with zero attached hydrogens (tertiary/aromatic N) is 3. The smallest absolute Gasteiger partial charge is 0.193 e. The molecule has 3 N–H and O–H groups in total. The fraction of sp³-hybridized carbons (Fsp3) is 0.312. The fourth-order valence-corrected chi connectivity index (χ4v) is 2.14. The number of rotatable bonds is 5. The normalized spacial score (nSPS) is 11.0. The average Bonchev–Trinajstić information content (AvgIpc) is 2.46. The number of benzene rings is 1. The summed E-state index contributed by atoms with van der Waals surface area (Å²) in [6.45, 7) is 4.73. The third kappa shape index (κ3) is 6.11. The highest BCUT2D eigenvalue weighted by molar-refractivity contribution is 14.0. The van der Waals surface area contributed by atoms with Crippen LogP contribution in [0.2, 0.25) is 0 Å². The molecule has 0 spiro atoms. The monoisotopic (exact) mass is 427 g/mol. The number of aromatic nitrogens is 2. The quantitative estimate of drug-likeness (QED) is 0.436. The molecule has 1 heterocycles. The molecule has 0 radical (unpaired) electrons. The minimum absolute atomic E-state index is 0. The SMILES string of the molecule is COCc1ccccc1NC(N)=NCc1cc(C)nc(C)n1.I. The van der Waals surface area contributed by atoms with E-state index in [1.807, 2.05) is 44.2 Å². The molecular formula is C16H22IN5O. The summed E-state index contributed by atoms with van der Waals surface area (Å²) in [5.41, 5.74) is 9.64. The Morgan fingerprint density at radius 1 is 1.26 bits per heavy atom. The number of ether oxygens (including phenoxy) is 1. The minimum atomic E-state index is 0. The highest BCUT2D eigenvalue weighted by atomic mass is 127. The molecule has 0 atom stereocenters. The Kier molecular flexibility index (Phi) is 7.90. The molecule has 7 heteroatoms. The van der Waals surface area contributed by atoms with Gasteiger partial charge >= 0.3 is 0 Å². The maximum Gasteiger partial charge on any atom is 0.193 e. The molecule has 23 heavy (non-hydrogen) atoms. The van der Waals surface area contributed by atoms with Crippen molar-refractivity contribution >= 4 is 35.6 Å². The minimum Gasteiger partial charge on any atom is -0.380 e. The Bertz CT molecular complexity index is 655. The Morgan fingerprint density at radius 3 is 2.70 bits per heavy atom. The van der Waals surface area contributed by atoms with Crippen LogP contribution in [0.5, 0.6) is 0 Å². The summed E-state index contributed by atoms with van der Waals surface area (Å²) < 4.78 is 5.17. The number of hydrogen-bond acceptors (Lipinski definition) is 4. The van der Waals surface area contributed by atoms with E-state index in [1.54, 1.807) is 7.11 Å². The van der Waals surface area contributed by atoms with Gasteiger partial charge in [0.05, 0.1) is 18.8 Å². The molecule has 2 aromatic rings. The van der Waals surface area contributed by atoms with Crippen LogP contribution in [-0.4, -0.2) is 23.0 Å². The number of methoxy groups -OCH3 is 1. The summed E-state index contributed by atoms with van der Waals surface area (Å²) in [5, 5.41) is 3.10. The van der Waals surface area contributed by atoms with Crippen LogP contribution in [-0.2, 0) is 17.9 Å². The summed E-state index contributed by atoms with van der Waals surface area (Å²) in [5.74, 6) is 1.08. The molecular weight excluding hydrogens is 405 g/mol. The summed E-state index contributed by atoms with van der Waals surface area (Å²) in [7, 11) is 1.66. The maximum atomic E-state index is 5.95. The van der Waals surface area contributed by atoms with Crippen molar-refractivity contribution in [1.82, 2.24) is 9.97 Å². The van der Waals surface area contributed by atoms with Crippen molar-refractivity contribution in [2.24, 2.45) is 10.7 Å². The lowest BCUT2D eigenvalue weighted by Crippen LogP contribution is -2.23. The van der Waals surface area contributed by atoms with Gasteiger partial charge < -0.3 is 15.8 Å². The number of aliphatic imine (C=N–C) groups is 1. The second-order valence-electron chi connectivity index (χ2n) is 4.96. The lowest BCUT2D eigenvalue weighted by atomic mass is 10.2. The summed E-state index contributed by atoms with van der Waals surface area (Å²) in [6, 6.07) is 9.72. The van der Waals surface area contributed by atoms with Crippen molar-refractivity contribution in [2.45, 2.75) is 27.0 Å². The van der Waals surface area contributed by atoms with Crippen LogP contribution in [0.4, 0.5) is 5.69 Å². The van der Waals surface area contributed by atoms with E-state index in [0.29, 0.717) is 19.1 Å². The van der Waals surface area contributed by atoms with Gasteiger partial charge in [0.1, 0.15) is 5.82 Å². The van der Waals surface area contributed by atoms with Gasteiger partial charge in [-0.25, -0.2) is 15.0 Å². The van der Waals surface area contributed by atoms with Gasteiger partial charge in [0.15, 0.2) is 5.96 Å². The van der Waals surface area contributed by atoms with Crippen LogP contribution >= 0.6 is 24.0 Å². The first-order valence-corrected chi connectivity index (χ1v) is 7.03. The number of halogens is 1. The summed E-state index contributed by atoms with van der Waals surface area (Å²) in [4.78, 5) is 12.9. The van der Waals surface area contributed by atoms with Crippen LogP contribution in [0.1, 0.15) is 22.8 Å². The molecule has 0 saturated heterocycles. The Morgan fingerprint density at radius 2 is 2.00 bits per heavy atom. The number of aryl methyl sites for hydroxylation is 2. The standard InChI is InChI=1S/C16H21N5O.HI/c1-11-8-14(20-12(2)19-11)9-18-16(17)21-15-7-5-4-6-13(15)10-22-3;/h4-8H,9-10H2,1-3H3,(H3,17,18,21);1H. The number of nitrogens with two attached hydrogens (primary N) is 1.